The van der Waals surface area contributed by atoms with Crippen LogP contribution in [0.4, 0.5) is 13.2 Å². The van der Waals surface area contributed by atoms with E-state index < -0.39 is 11.6 Å². The quantitative estimate of drug-likeness (QED) is 0.253. The van der Waals surface area contributed by atoms with Crippen LogP contribution in [0.25, 0.3) is 0 Å². The molecule has 4 rings (SSSR count). The Morgan fingerprint density at radius 1 is 0.892 bits per heavy atom. The Kier molecular flexibility index (Phi) is 9.75. The lowest BCUT2D eigenvalue weighted by molar-refractivity contribution is 0.0727. The minimum Gasteiger partial charge on any atom is -0.490 e. The molecule has 202 valence electrons. The van der Waals surface area contributed by atoms with E-state index in [1.807, 2.05) is 6.07 Å². The fourth-order valence-electron chi connectivity index (χ4n) is 6.43. The van der Waals surface area contributed by atoms with Crippen LogP contribution in [0.3, 0.4) is 0 Å². The first-order chi connectivity index (χ1) is 17.9. The summed E-state index contributed by atoms with van der Waals surface area (Å²) in [6.45, 7) is 6.11. The van der Waals surface area contributed by atoms with Gasteiger partial charge < -0.3 is 9.84 Å². The van der Waals surface area contributed by atoms with Gasteiger partial charge in [0.15, 0.2) is 23.2 Å². The van der Waals surface area contributed by atoms with Crippen molar-refractivity contribution in [3.63, 3.8) is 0 Å². The first-order valence-electron chi connectivity index (χ1n) is 14.1. The Labute approximate surface area is 219 Å². The number of aliphatic hydroxyl groups excluding tert-OH is 1. The second kappa shape index (κ2) is 13.0. The molecule has 37 heavy (non-hydrogen) atoms. The van der Waals surface area contributed by atoms with Crippen LogP contribution >= 0.6 is 0 Å². The fourth-order valence-corrected chi connectivity index (χ4v) is 6.43. The van der Waals surface area contributed by atoms with Crippen LogP contribution in [-0.4, -0.2) is 17.8 Å². The van der Waals surface area contributed by atoms with Crippen LogP contribution < -0.4 is 4.74 Å². The summed E-state index contributed by atoms with van der Waals surface area (Å²) in [4.78, 5) is 0. The SMILES string of the molecule is C=CCCOc1ccc(C2CCC(c3ccc(C4CCC(C(O)CCC)CC4)c(F)c3F)CC2)cc1F. The second-order valence-electron chi connectivity index (χ2n) is 11.0. The van der Waals surface area contributed by atoms with E-state index in [1.165, 1.54) is 0 Å². The molecule has 0 saturated heterocycles. The molecular weight excluding hydrogens is 473 g/mol. The predicted octanol–water partition coefficient (Wildman–Crippen LogP) is 8.94. The molecule has 2 saturated carbocycles. The van der Waals surface area contributed by atoms with Crippen molar-refractivity contribution in [1.29, 1.82) is 0 Å². The number of aliphatic hydroxyl groups is 1. The number of benzene rings is 2. The minimum atomic E-state index is -0.693. The van der Waals surface area contributed by atoms with E-state index in [-0.39, 0.29) is 41.3 Å². The molecular formula is C32H41F3O2. The number of halogens is 3. The van der Waals surface area contributed by atoms with Gasteiger partial charge in [0, 0.05) is 0 Å². The summed E-state index contributed by atoms with van der Waals surface area (Å²) in [6, 6.07) is 8.76. The smallest absolute Gasteiger partial charge is 0.165 e. The maximum absolute atomic E-state index is 15.3. The van der Waals surface area contributed by atoms with E-state index in [9.17, 15) is 9.50 Å². The van der Waals surface area contributed by atoms with Crippen LogP contribution in [0, 0.1) is 23.4 Å². The van der Waals surface area contributed by atoms with E-state index >= 15 is 8.78 Å². The van der Waals surface area contributed by atoms with Crippen LogP contribution in [-0.2, 0) is 0 Å². The van der Waals surface area contributed by atoms with Gasteiger partial charge in [0.1, 0.15) is 0 Å². The topological polar surface area (TPSA) is 29.5 Å². The van der Waals surface area contributed by atoms with Crippen molar-refractivity contribution in [2.24, 2.45) is 5.92 Å². The Morgan fingerprint density at radius 3 is 2.00 bits per heavy atom. The Balaban J connectivity index is 1.35. The third-order valence-corrected chi connectivity index (χ3v) is 8.66. The Bertz CT molecular complexity index is 1040. The molecule has 2 aromatic carbocycles. The molecule has 0 bridgehead atoms. The maximum Gasteiger partial charge on any atom is 0.165 e. The predicted molar refractivity (Wildman–Crippen MR) is 143 cm³/mol. The lowest BCUT2D eigenvalue weighted by atomic mass is 9.74. The van der Waals surface area contributed by atoms with E-state index in [0.717, 1.165) is 69.8 Å². The highest BCUT2D eigenvalue weighted by molar-refractivity contribution is 5.34. The standard InChI is InChI=1S/C32H41F3O2/c1-3-5-19-37-30-18-15-25(20-28(30)33)21-7-9-22(10-8-21)26-16-17-27(32(35)31(26)34)23-11-13-24(14-12-23)29(36)6-4-2/h3,15-18,20-24,29,36H,1,4-14,19H2,2H3. The van der Waals surface area contributed by atoms with Gasteiger partial charge in [0.25, 0.3) is 0 Å². The van der Waals surface area contributed by atoms with Crippen molar-refractivity contribution >= 4 is 0 Å². The normalized spacial score (nSPS) is 25.0. The summed E-state index contributed by atoms with van der Waals surface area (Å²) in [5.41, 5.74) is 1.90. The molecule has 2 fully saturated rings. The van der Waals surface area contributed by atoms with Gasteiger partial charge >= 0.3 is 0 Å². The first-order valence-corrected chi connectivity index (χ1v) is 14.1. The molecule has 2 nitrogen and oxygen atoms in total. The number of ether oxygens (including phenoxy) is 1. The van der Waals surface area contributed by atoms with Crippen LogP contribution in [0.1, 0.15) is 112 Å². The lowest BCUT2D eigenvalue weighted by Gasteiger charge is -2.32. The fraction of sp³-hybridized carbons (Fsp3) is 0.562. The summed E-state index contributed by atoms with van der Waals surface area (Å²) in [5, 5.41) is 10.3. The van der Waals surface area contributed by atoms with Gasteiger partial charge in [0.2, 0.25) is 0 Å². The molecule has 0 heterocycles. The van der Waals surface area contributed by atoms with E-state index in [1.54, 1.807) is 30.3 Å². The summed E-state index contributed by atoms with van der Waals surface area (Å²) >= 11 is 0. The molecule has 2 aromatic rings. The van der Waals surface area contributed by atoms with E-state index in [2.05, 4.69) is 13.5 Å². The van der Waals surface area contributed by atoms with Crippen molar-refractivity contribution in [3.05, 3.63) is 77.1 Å². The largest absolute Gasteiger partial charge is 0.490 e. The lowest BCUT2D eigenvalue weighted by Crippen LogP contribution is -2.25. The van der Waals surface area contributed by atoms with Gasteiger partial charge in [-0.25, -0.2) is 13.2 Å². The first kappa shape index (κ1) is 27.8. The second-order valence-corrected chi connectivity index (χ2v) is 11.0. The van der Waals surface area contributed by atoms with Crippen molar-refractivity contribution in [1.82, 2.24) is 0 Å². The Morgan fingerprint density at radius 2 is 1.46 bits per heavy atom. The summed E-state index contributed by atoms with van der Waals surface area (Å²) < 4.78 is 50.5. The molecule has 2 aliphatic rings. The molecule has 5 heteroatoms. The number of rotatable bonds is 10. The van der Waals surface area contributed by atoms with Crippen LogP contribution in [0.2, 0.25) is 0 Å². The van der Waals surface area contributed by atoms with Gasteiger partial charge in [-0.15, -0.1) is 6.58 Å². The molecule has 2 aliphatic carbocycles. The molecule has 0 aliphatic heterocycles. The zero-order valence-corrected chi connectivity index (χ0v) is 22.0. The minimum absolute atomic E-state index is 0.0166. The van der Waals surface area contributed by atoms with Gasteiger partial charge in [-0.3, -0.25) is 0 Å². The molecule has 0 aromatic heterocycles. The molecule has 1 unspecified atom stereocenters. The Hall–Kier alpha value is -2.27. The molecule has 0 radical (unpaired) electrons. The zero-order chi connectivity index (χ0) is 26.4. The van der Waals surface area contributed by atoms with Crippen LogP contribution in [0.15, 0.2) is 43.0 Å². The van der Waals surface area contributed by atoms with E-state index in [4.69, 9.17) is 4.74 Å². The van der Waals surface area contributed by atoms with Gasteiger partial charge in [0.05, 0.1) is 12.7 Å². The van der Waals surface area contributed by atoms with Crippen molar-refractivity contribution in [2.45, 2.75) is 101 Å². The van der Waals surface area contributed by atoms with Gasteiger partial charge in [-0.05, 0) is 117 Å². The van der Waals surface area contributed by atoms with Crippen molar-refractivity contribution in [3.8, 4) is 5.75 Å². The molecule has 0 spiro atoms. The maximum atomic E-state index is 15.3. The monoisotopic (exact) mass is 514 g/mol. The highest BCUT2D eigenvalue weighted by Gasteiger charge is 2.31. The third kappa shape index (κ3) is 6.60. The number of hydrogen-bond donors (Lipinski definition) is 1. The highest BCUT2D eigenvalue weighted by Crippen LogP contribution is 2.44. The molecule has 1 atom stereocenters. The average Bonchev–Trinajstić information content (AvgIpc) is 2.91. The van der Waals surface area contributed by atoms with Crippen LogP contribution in [0.5, 0.6) is 5.75 Å². The zero-order valence-electron chi connectivity index (χ0n) is 22.0. The molecule has 0 amide bonds. The average molecular weight is 515 g/mol. The number of hydrogen-bond acceptors (Lipinski definition) is 2. The summed E-state index contributed by atoms with van der Waals surface area (Å²) in [7, 11) is 0. The van der Waals surface area contributed by atoms with E-state index in [0.29, 0.717) is 24.2 Å². The van der Waals surface area contributed by atoms with Gasteiger partial charge in [-0.1, -0.05) is 37.6 Å². The molecule has 1 N–H and O–H groups in total. The third-order valence-electron chi connectivity index (χ3n) is 8.66. The van der Waals surface area contributed by atoms with Gasteiger partial charge in [-0.2, -0.15) is 0 Å². The van der Waals surface area contributed by atoms with Crippen molar-refractivity contribution in [2.75, 3.05) is 6.61 Å². The summed E-state index contributed by atoms with van der Waals surface area (Å²) in [5.74, 6) is -1.02. The highest BCUT2D eigenvalue weighted by atomic mass is 19.2. The van der Waals surface area contributed by atoms with Crippen molar-refractivity contribution < 1.29 is 23.0 Å². The summed E-state index contributed by atoms with van der Waals surface area (Å²) in [6.07, 6.45) is 10.3.